The maximum Gasteiger partial charge on any atom is 0.228 e. The molecule has 0 fully saturated rings. The van der Waals surface area contributed by atoms with Gasteiger partial charge in [-0.05, 0) is 19.4 Å². The Bertz CT molecular complexity index is 618. The van der Waals surface area contributed by atoms with E-state index in [1.807, 2.05) is 14.0 Å². The van der Waals surface area contributed by atoms with Crippen LogP contribution in [0.3, 0.4) is 0 Å². The van der Waals surface area contributed by atoms with Gasteiger partial charge in [0.15, 0.2) is 11.8 Å². The zero-order valence-electron chi connectivity index (χ0n) is 13.6. The summed E-state index contributed by atoms with van der Waals surface area (Å²) < 4.78 is 5.09. The fraction of sp³-hybridized carbons (Fsp3) is 0.438. The summed E-state index contributed by atoms with van der Waals surface area (Å²) in [5, 5.41) is 7.08. The summed E-state index contributed by atoms with van der Waals surface area (Å²) in [6, 6.07) is 8.52. The van der Waals surface area contributed by atoms with E-state index in [4.69, 9.17) is 4.52 Å². The second-order valence-electron chi connectivity index (χ2n) is 5.30. The van der Waals surface area contributed by atoms with E-state index in [2.05, 4.69) is 56.5 Å². The van der Waals surface area contributed by atoms with Crippen molar-refractivity contribution in [2.75, 3.05) is 20.6 Å². The summed E-state index contributed by atoms with van der Waals surface area (Å²) in [6.45, 7) is 5.41. The van der Waals surface area contributed by atoms with E-state index in [0.717, 1.165) is 12.5 Å². The summed E-state index contributed by atoms with van der Waals surface area (Å²) in [5.74, 6) is 2.15. The highest BCUT2D eigenvalue weighted by atomic mass is 16.5. The van der Waals surface area contributed by atoms with Crippen LogP contribution < -0.4 is 5.32 Å². The predicted molar refractivity (Wildman–Crippen MR) is 86.7 cm³/mol. The van der Waals surface area contributed by atoms with Crippen molar-refractivity contribution in [3.05, 3.63) is 47.1 Å². The molecule has 0 atom stereocenters. The largest absolute Gasteiger partial charge is 0.356 e. The summed E-state index contributed by atoms with van der Waals surface area (Å²) >= 11 is 0. The molecule has 6 heteroatoms. The van der Waals surface area contributed by atoms with Crippen LogP contribution in [0.25, 0.3) is 0 Å². The van der Waals surface area contributed by atoms with Gasteiger partial charge < -0.3 is 14.7 Å². The van der Waals surface area contributed by atoms with E-state index in [1.165, 1.54) is 11.1 Å². The molecule has 0 unspecified atom stereocenters. The Morgan fingerprint density at radius 1 is 1.27 bits per heavy atom. The molecular formula is C16H23N5O. The van der Waals surface area contributed by atoms with E-state index in [-0.39, 0.29) is 0 Å². The van der Waals surface area contributed by atoms with Crippen molar-refractivity contribution in [3.8, 4) is 0 Å². The van der Waals surface area contributed by atoms with E-state index in [9.17, 15) is 0 Å². The number of aromatic nitrogens is 2. The molecule has 2 rings (SSSR count). The monoisotopic (exact) mass is 301 g/mol. The normalized spacial score (nSPS) is 11.5. The molecule has 0 saturated heterocycles. The maximum atomic E-state index is 5.09. The van der Waals surface area contributed by atoms with Crippen molar-refractivity contribution < 1.29 is 4.52 Å². The van der Waals surface area contributed by atoms with Crippen LogP contribution in [0.4, 0.5) is 0 Å². The zero-order valence-corrected chi connectivity index (χ0v) is 13.6. The standard InChI is InChI=1S/C16H23N5O/c1-12-5-7-14(8-6-12)11-21(4)16(17-3)18-10-9-15-19-13(2)20-22-15/h5-8H,9-11H2,1-4H3,(H,17,18). The number of benzene rings is 1. The number of nitrogens with zero attached hydrogens (tertiary/aromatic N) is 4. The molecule has 0 radical (unpaired) electrons. The second-order valence-corrected chi connectivity index (χ2v) is 5.30. The Balaban J connectivity index is 1.83. The molecule has 0 saturated carbocycles. The van der Waals surface area contributed by atoms with Gasteiger partial charge in [-0.25, -0.2) is 0 Å². The van der Waals surface area contributed by atoms with Crippen LogP contribution in [0.5, 0.6) is 0 Å². The Hall–Kier alpha value is -2.37. The molecule has 0 bridgehead atoms. The molecule has 6 nitrogen and oxygen atoms in total. The zero-order chi connectivity index (χ0) is 15.9. The van der Waals surface area contributed by atoms with Crippen molar-refractivity contribution in [2.24, 2.45) is 4.99 Å². The van der Waals surface area contributed by atoms with Gasteiger partial charge in [0.05, 0.1) is 0 Å². The molecule has 118 valence electrons. The smallest absolute Gasteiger partial charge is 0.228 e. The van der Waals surface area contributed by atoms with Crippen LogP contribution >= 0.6 is 0 Å². The van der Waals surface area contributed by atoms with Crippen LogP contribution in [0.2, 0.25) is 0 Å². The number of hydrogen-bond donors (Lipinski definition) is 1. The fourth-order valence-corrected chi connectivity index (χ4v) is 2.15. The van der Waals surface area contributed by atoms with Crippen LogP contribution in [0.1, 0.15) is 22.8 Å². The van der Waals surface area contributed by atoms with E-state index in [1.54, 1.807) is 7.05 Å². The third kappa shape index (κ3) is 4.58. The fourth-order valence-electron chi connectivity index (χ4n) is 2.15. The summed E-state index contributed by atoms with van der Waals surface area (Å²) in [4.78, 5) is 10.6. The van der Waals surface area contributed by atoms with Gasteiger partial charge in [0.1, 0.15) is 0 Å². The second kappa shape index (κ2) is 7.59. The molecule has 2 aromatic rings. The lowest BCUT2D eigenvalue weighted by atomic mass is 10.1. The minimum atomic E-state index is 0.640. The Morgan fingerprint density at radius 3 is 2.59 bits per heavy atom. The number of aryl methyl sites for hydroxylation is 2. The van der Waals surface area contributed by atoms with Crippen LogP contribution in [0.15, 0.2) is 33.8 Å². The van der Waals surface area contributed by atoms with Gasteiger partial charge in [-0.3, -0.25) is 4.99 Å². The van der Waals surface area contributed by atoms with Crippen molar-refractivity contribution in [1.82, 2.24) is 20.4 Å². The number of guanidine groups is 1. The van der Waals surface area contributed by atoms with Gasteiger partial charge in [0, 0.05) is 33.6 Å². The number of aliphatic imine (C=N–C) groups is 1. The summed E-state index contributed by atoms with van der Waals surface area (Å²) in [5.41, 5.74) is 2.52. The molecule has 0 aliphatic heterocycles. The van der Waals surface area contributed by atoms with E-state index < -0.39 is 0 Å². The average Bonchev–Trinajstić information content (AvgIpc) is 2.91. The first-order valence-electron chi connectivity index (χ1n) is 7.35. The molecule has 1 heterocycles. The van der Waals surface area contributed by atoms with E-state index in [0.29, 0.717) is 24.7 Å². The lowest BCUT2D eigenvalue weighted by Gasteiger charge is -2.22. The third-order valence-corrected chi connectivity index (χ3v) is 3.31. The van der Waals surface area contributed by atoms with Crippen molar-refractivity contribution in [2.45, 2.75) is 26.8 Å². The van der Waals surface area contributed by atoms with Gasteiger partial charge in [-0.1, -0.05) is 35.0 Å². The quantitative estimate of drug-likeness (QED) is 0.675. The molecule has 0 amide bonds. The predicted octanol–water partition coefficient (Wildman–Crippen LogP) is 1.94. The number of hydrogen-bond acceptors (Lipinski definition) is 4. The highest BCUT2D eigenvalue weighted by Gasteiger charge is 2.08. The Labute approximate surface area is 131 Å². The lowest BCUT2D eigenvalue weighted by molar-refractivity contribution is 0.373. The first-order chi connectivity index (χ1) is 10.6. The van der Waals surface area contributed by atoms with Gasteiger partial charge >= 0.3 is 0 Å². The number of nitrogens with one attached hydrogen (secondary N) is 1. The minimum absolute atomic E-state index is 0.640. The van der Waals surface area contributed by atoms with Crippen LogP contribution in [-0.4, -0.2) is 41.6 Å². The van der Waals surface area contributed by atoms with Gasteiger partial charge in [-0.15, -0.1) is 0 Å². The summed E-state index contributed by atoms with van der Waals surface area (Å²) in [7, 11) is 3.80. The molecule has 22 heavy (non-hydrogen) atoms. The van der Waals surface area contributed by atoms with Crippen molar-refractivity contribution in [3.63, 3.8) is 0 Å². The van der Waals surface area contributed by atoms with Gasteiger partial charge in [-0.2, -0.15) is 4.98 Å². The minimum Gasteiger partial charge on any atom is -0.356 e. The number of rotatable bonds is 5. The first kappa shape index (κ1) is 16.0. The molecule has 0 aliphatic carbocycles. The van der Waals surface area contributed by atoms with Crippen molar-refractivity contribution >= 4 is 5.96 Å². The highest BCUT2D eigenvalue weighted by molar-refractivity contribution is 5.79. The lowest BCUT2D eigenvalue weighted by Crippen LogP contribution is -2.39. The van der Waals surface area contributed by atoms with Crippen LogP contribution in [0, 0.1) is 13.8 Å². The molecule has 0 aliphatic rings. The first-order valence-corrected chi connectivity index (χ1v) is 7.35. The molecule has 0 spiro atoms. The van der Waals surface area contributed by atoms with E-state index >= 15 is 0 Å². The van der Waals surface area contributed by atoms with Gasteiger partial charge in [0.2, 0.25) is 5.89 Å². The van der Waals surface area contributed by atoms with Gasteiger partial charge in [0.25, 0.3) is 0 Å². The third-order valence-electron chi connectivity index (χ3n) is 3.31. The summed E-state index contributed by atoms with van der Waals surface area (Å²) in [6.07, 6.45) is 0.679. The highest BCUT2D eigenvalue weighted by Crippen LogP contribution is 2.06. The van der Waals surface area contributed by atoms with Crippen molar-refractivity contribution in [1.29, 1.82) is 0 Å². The molecule has 1 N–H and O–H groups in total. The maximum absolute atomic E-state index is 5.09. The van der Waals surface area contributed by atoms with Crippen LogP contribution in [-0.2, 0) is 13.0 Å². The Morgan fingerprint density at radius 2 is 2.00 bits per heavy atom. The average molecular weight is 301 g/mol. The molecule has 1 aromatic carbocycles. The molecule has 1 aromatic heterocycles. The molecular weight excluding hydrogens is 278 g/mol. The Kier molecular flexibility index (Phi) is 5.52. The SMILES string of the molecule is CN=C(NCCc1nc(C)no1)N(C)Cc1ccc(C)cc1. The topological polar surface area (TPSA) is 66.5 Å².